The number of hydrogen-bond donors (Lipinski definition) is 2. The van der Waals surface area contributed by atoms with Gasteiger partial charge in [0, 0.05) is 24.8 Å². The molecule has 1 spiro atoms. The fraction of sp³-hybridized carbons (Fsp3) is 0.333. The van der Waals surface area contributed by atoms with Gasteiger partial charge in [-0.25, -0.2) is 4.79 Å². The van der Waals surface area contributed by atoms with E-state index in [9.17, 15) is 9.59 Å². The molecule has 2 aliphatic rings. The quantitative estimate of drug-likeness (QED) is 0.828. The van der Waals surface area contributed by atoms with Crippen molar-refractivity contribution in [3.8, 4) is 17.2 Å². The van der Waals surface area contributed by atoms with Crippen LogP contribution in [-0.4, -0.2) is 51.3 Å². The molecule has 2 aliphatic heterocycles. The zero-order valence-electron chi connectivity index (χ0n) is 16.6. The van der Waals surface area contributed by atoms with Gasteiger partial charge in [0.2, 0.25) is 5.91 Å². The van der Waals surface area contributed by atoms with E-state index >= 15 is 0 Å². The standard InChI is InChI=1S/C21H23N3O5/c1-27-13-4-6-16-15(10-13)21(19(25)22-16)8-9-24(12-21)20(26)23-17-7-5-14(28-2)11-18(17)29-3/h4-7,10-11H,8-9,12H2,1-3H3,(H,22,25)(H,23,26)/t21-/m0/s1. The number of rotatable bonds is 4. The van der Waals surface area contributed by atoms with Gasteiger partial charge in [-0.1, -0.05) is 0 Å². The highest BCUT2D eigenvalue weighted by molar-refractivity contribution is 6.07. The molecule has 29 heavy (non-hydrogen) atoms. The first-order chi connectivity index (χ1) is 14.0. The van der Waals surface area contributed by atoms with E-state index in [2.05, 4.69) is 10.6 Å². The lowest BCUT2D eigenvalue weighted by Crippen LogP contribution is -2.40. The normalized spacial score (nSPS) is 19.7. The molecule has 1 saturated heterocycles. The Morgan fingerprint density at radius 1 is 1.07 bits per heavy atom. The lowest BCUT2D eigenvalue weighted by Gasteiger charge is -2.23. The second-order valence-electron chi connectivity index (χ2n) is 7.12. The number of anilines is 2. The Morgan fingerprint density at radius 3 is 2.52 bits per heavy atom. The highest BCUT2D eigenvalue weighted by Crippen LogP contribution is 2.45. The van der Waals surface area contributed by atoms with Crippen molar-refractivity contribution in [1.82, 2.24) is 4.90 Å². The Kier molecular flexibility index (Phi) is 4.70. The summed E-state index contributed by atoms with van der Waals surface area (Å²) in [6.45, 7) is 0.762. The van der Waals surface area contributed by atoms with E-state index in [-0.39, 0.29) is 11.9 Å². The maximum absolute atomic E-state index is 12.9. The number of carbonyl (C=O) groups is 2. The molecule has 0 aliphatic carbocycles. The van der Waals surface area contributed by atoms with Crippen LogP contribution in [0.5, 0.6) is 17.2 Å². The minimum absolute atomic E-state index is 0.0851. The van der Waals surface area contributed by atoms with Gasteiger partial charge < -0.3 is 29.7 Å². The third kappa shape index (κ3) is 3.10. The van der Waals surface area contributed by atoms with Crippen molar-refractivity contribution in [3.63, 3.8) is 0 Å². The van der Waals surface area contributed by atoms with Crippen LogP contribution in [0.3, 0.4) is 0 Å². The summed E-state index contributed by atoms with van der Waals surface area (Å²) < 4.78 is 15.8. The molecule has 4 rings (SSSR count). The second kappa shape index (κ2) is 7.20. The summed E-state index contributed by atoms with van der Waals surface area (Å²) in [6, 6.07) is 10.4. The van der Waals surface area contributed by atoms with Crippen LogP contribution < -0.4 is 24.8 Å². The maximum atomic E-state index is 12.9. The number of methoxy groups -OCH3 is 3. The molecule has 2 aromatic rings. The number of benzene rings is 2. The summed E-state index contributed by atoms with van der Waals surface area (Å²) >= 11 is 0. The molecule has 2 heterocycles. The minimum atomic E-state index is -0.759. The van der Waals surface area contributed by atoms with Crippen LogP contribution in [0.1, 0.15) is 12.0 Å². The Labute approximate surface area is 168 Å². The molecular formula is C21H23N3O5. The Bertz CT molecular complexity index is 977. The molecule has 0 radical (unpaired) electrons. The van der Waals surface area contributed by atoms with Crippen LogP contribution in [0.4, 0.5) is 16.2 Å². The van der Waals surface area contributed by atoms with Crippen LogP contribution in [0.2, 0.25) is 0 Å². The smallest absolute Gasteiger partial charge is 0.321 e. The average Bonchev–Trinajstić information content (AvgIpc) is 3.31. The van der Waals surface area contributed by atoms with Crippen LogP contribution in [0.25, 0.3) is 0 Å². The molecule has 0 unspecified atom stereocenters. The molecule has 8 heteroatoms. The van der Waals surface area contributed by atoms with Crippen molar-refractivity contribution >= 4 is 23.3 Å². The molecular weight excluding hydrogens is 374 g/mol. The van der Waals surface area contributed by atoms with E-state index in [0.29, 0.717) is 42.4 Å². The van der Waals surface area contributed by atoms with Crippen molar-refractivity contribution in [2.45, 2.75) is 11.8 Å². The molecule has 0 saturated carbocycles. The monoisotopic (exact) mass is 397 g/mol. The summed E-state index contributed by atoms with van der Waals surface area (Å²) in [6.07, 6.45) is 0.548. The number of fused-ring (bicyclic) bond motifs is 2. The van der Waals surface area contributed by atoms with Crippen molar-refractivity contribution in [3.05, 3.63) is 42.0 Å². The second-order valence-corrected chi connectivity index (χ2v) is 7.12. The average molecular weight is 397 g/mol. The van der Waals surface area contributed by atoms with E-state index < -0.39 is 5.41 Å². The number of nitrogens with one attached hydrogen (secondary N) is 2. The summed E-state index contributed by atoms with van der Waals surface area (Å²) in [5, 5.41) is 5.81. The number of ether oxygens (including phenoxy) is 3. The summed E-state index contributed by atoms with van der Waals surface area (Å²) in [5.74, 6) is 1.73. The number of urea groups is 1. The van der Waals surface area contributed by atoms with Gasteiger partial charge in [-0.3, -0.25) is 4.79 Å². The molecule has 3 amide bonds. The molecule has 0 bridgehead atoms. The van der Waals surface area contributed by atoms with Crippen molar-refractivity contribution < 1.29 is 23.8 Å². The predicted molar refractivity (Wildman–Crippen MR) is 108 cm³/mol. The zero-order chi connectivity index (χ0) is 20.6. The first-order valence-corrected chi connectivity index (χ1v) is 9.28. The van der Waals surface area contributed by atoms with Crippen LogP contribution in [-0.2, 0) is 10.2 Å². The van der Waals surface area contributed by atoms with E-state index in [0.717, 1.165) is 11.3 Å². The topological polar surface area (TPSA) is 89.1 Å². The molecule has 0 aromatic heterocycles. The van der Waals surface area contributed by atoms with Gasteiger partial charge in [0.25, 0.3) is 0 Å². The highest BCUT2D eigenvalue weighted by atomic mass is 16.5. The number of hydrogen-bond acceptors (Lipinski definition) is 5. The molecule has 2 aromatic carbocycles. The Balaban J connectivity index is 1.55. The number of nitrogens with zero attached hydrogens (tertiary/aromatic N) is 1. The van der Waals surface area contributed by atoms with E-state index in [1.165, 1.54) is 7.11 Å². The van der Waals surface area contributed by atoms with Gasteiger partial charge in [-0.15, -0.1) is 0 Å². The van der Waals surface area contributed by atoms with E-state index in [1.807, 2.05) is 18.2 Å². The lowest BCUT2D eigenvalue weighted by atomic mass is 9.81. The van der Waals surface area contributed by atoms with Gasteiger partial charge in [-0.2, -0.15) is 0 Å². The van der Waals surface area contributed by atoms with Gasteiger partial charge in [0.1, 0.15) is 17.2 Å². The molecule has 2 N–H and O–H groups in total. The summed E-state index contributed by atoms with van der Waals surface area (Å²) in [5.41, 5.74) is 1.43. The minimum Gasteiger partial charge on any atom is -0.497 e. The fourth-order valence-electron chi connectivity index (χ4n) is 4.00. The van der Waals surface area contributed by atoms with E-state index in [1.54, 1.807) is 37.3 Å². The molecule has 1 atom stereocenters. The van der Waals surface area contributed by atoms with Gasteiger partial charge in [0.15, 0.2) is 0 Å². The maximum Gasteiger partial charge on any atom is 0.321 e. The van der Waals surface area contributed by atoms with Crippen LogP contribution >= 0.6 is 0 Å². The first-order valence-electron chi connectivity index (χ1n) is 9.28. The van der Waals surface area contributed by atoms with Crippen molar-refractivity contribution in [2.75, 3.05) is 45.1 Å². The SMILES string of the molecule is COc1ccc(NC(=O)N2CC[C@@]3(C2)C(=O)Nc2ccc(OC)cc23)c(OC)c1. The predicted octanol–water partition coefficient (Wildman–Crippen LogP) is 2.84. The highest BCUT2D eigenvalue weighted by Gasteiger charge is 2.52. The fourth-order valence-corrected chi connectivity index (χ4v) is 4.00. The van der Waals surface area contributed by atoms with Crippen molar-refractivity contribution in [1.29, 1.82) is 0 Å². The number of amides is 3. The number of likely N-dealkylation sites (tertiary alicyclic amines) is 1. The van der Waals surface area contributed by atoms with Gasteiger partial charge in [-0.05, 0) is 42.3 Å². The Hall–Kier alpha value is -3.42. The van der Waals surface area contributed by atoms with Crippen molar-refractivity contribution in [2.24, 2.45) is 0 Å². The largest absolute Gasteiger partial charge is 0.497 e. The van der Waals surface area contributed by atoms with Gasteiger partial charge >= 0.3 is 6.03 Å². The third-order valence-corrected chi connectivity index (χ3v) is 5.63. The van der Waals surface area contributed by atoms with Gasteiger partial charge in [0.05, 0.1) is 32.4 Å². The Morgan fingerprint density at radius 2 is 1.79 bits per heavy atom. The molecule has 1 fully saturated rings. The first kappa shape index (κ1) is 18.9. The zero-order valence-corrected chi connectivity index (χ0v) is 16.6. The molecule has 8 nitrogen and oxygen atoms in total. The lowest BCUT2D eigenvalue weighted by molar-refractivity contribution is -0.120. The van der Waals surface area contributed by atoms with Crippen LogP contribution in [0, 0.1) is 0 Å². The summed E-state index contributed by atoms with van der Waals surface area (Å²) in [7, 11) is 4.69. The third-order valence-electron chi connectivity index (χ3n) is 5.63. The van der Waals surface area contributed by atoms with E-state index in [4.69, 9.17) is 14.2 Å². The van der Waals surface area contributed by atoms with Crippen LogP contribution in [0.15, 0.2) is 36.4 Å². The summed E-state index contributed by atoms with van der Waals surface area (Å²) in [4.78, 5) is 27.3. The molecule has 152 valence electrons. The number of carbonyl (C=O) groups excluding carboxylic acids is 2.